The number of rotatable bonds is 11. The van der Waals surface area contributed by atoms with Gasteiger partial charge in [-0.15, -0.1) is 0 Å². The Labute approximate surface area is 193 Å². The molecule has 11 nitrogen and oxygen atoms in total. The van der Waals surface area contributed by atoms with Crippen molar-refractivity contribution in [1.29, 1.82) is 0 Å². The molecule has 1 fully saturated rings. The largest absolute Gasteiger partial charge is 0.497 e. The number of piperidine rings is 1. The number of amides is 2. The van der Waals surface area contributed by atoms with Crippen LogP contribution in [-0.2, 0) is 9.59 Å². The average molecular weight is 460 g/mol. The lowest BCUT2D eigenvalue weighted by atomic mass is 10.1. The van der Waals surface area contributed by atoms with Gasteiger partial charge in [-0.05, 0) is 51.5 Å². The van der Waals surface area contributed by atoms with Crippen molar-refractivity contribution in [3.05, 3.63) is 18.2 Å². The summed E-state index contributed by atoms with van der Waals surface area (Å²) < 4.78 is 5.35. The van der Waals surface area contributed by atoms with E-state index in [0.29, 0.717) is 31.5 Å². The van der Waals surface area contributed by atoms with Crippen molar-refractivity contribution < 1.29 is 19.5 Å². The minimum absolute atomic E-state index is 0.101. The standard InChI is InChI=1S/C22H33N7O4/c1-29-12-8-15(9-13-29)25-21-17-7-6-16(33-2)14-18(17)26-22(27-21)24-11-10-23-19(30)4-3-5-20(31)28-32/h6-7,14-15,32H,3-5,8-13H2,1-2H3,(H,23,30)(H,28,31)(H2,24,25,26,27). The third-order valence-electron chi connectivity index (χ3n) is 5.63. The molecule has 1 aliphatic heterocycles. The maximum atomic E-state index is 11.9. The van der Waals surface area contributed by atoms with Gasteiger partial charge < -0.3 is 25.6 Å². The molecule has 0 radical (unpaired) electrons. The maximum Gasteiger partial charge on any atom is 0.243 e. The van der Waals surface area contributed by atoms with Gasteiger partial charge in [0.25, 0.3) is 0 Å². The van der Waals surface area contributed by atoms with Crippen LogP contribution in [0.25, 0.3) is 10.9 Å². The summed E-state index contributed by atoms with van der Waals surface area (Å²) in [7, 11) is 3.76. The van der Waals surface area contributed by atoms with Gasteiger partial charge in [0.15, 0.2) is 0 Å². The van der Waals surface area contributed by atoms with Gasteiger partial charge in [0.2, 0.25) is 17.8 Å². The number of nitrogens with one attached hydrogen (secondary N) is 4. The first kappa shape index (κ1) is 24.5. The van der Waals surface area contributed by atoms with E-state index >= 15 is 0 Å². The number of aromatic nitrogens is 2. The SMILES string of the molecule is COc1ccc2c(NC3CCN(C)CC3)nc(NCCNC(=O)CCCC(=O)NO)nc2c1. The Morgan fingerprint density at radius 2 is 1.91 bits per heavy atom. The molecule has 1 aromatic carbocycles. The molecule has 180 valence electrons. The third kappa shape index (κ3) is 7.43. The molecule has 0 atom stereocenters. The fourth-order valence-electron chi connectivity index (χ4n) is 3.70. The number of nitrogens with zero attached hydrogens (tertiary/aromatic N) is 3. The van der Waals surface area contributed by atoms with Crippen molar-refractivity contribution in [3.63, 3.8) is 0 Å². The molecule has 3 rings (SSSR count). The number of hydrogen-bond acceptors (Lipinski definition) is 9. The van der Waals surface area contributed by atoms with Crippen LogP contribution in [0.2, 0.25) is 0 Å². The fourth-order valence-corrected chi connectivity index (χ4v) is 3.70. The molecule has 2 aromatic rings. The Morgan fingerprint density at radius 3 is 2.64 bits per heavy atom. The van der Waals surface area contributed by atoms with E-state index < -0.39 is 5.91 Å². The predicted molar refractivity (Wildman–Crippen MR) is 126 cm³/mol. The highest BCUT2D eigenvalue weighted by atomic mass is 16.5. The van der Waals surface area contributed by atoms with Gasteiger partial charge in [-0.3, -0.25) is 14.8 Å². The molecule has 1 aromatic heterocycles. The van der Waals surface area contributed by atoms with E-state index in [-0.39, 0.29) is 18.7 Å². The fraction of sp³-hybridized carbons (Fsp3) is 0.545. The number of hydrogen-bond donors (Lipinski definition) is 5. The van der Waals surface area contributed by atoms with Crippen molar-refractivity contribution >= 4 is 34.5 Å². The van der Waals surface area contributed by atoms with Crippen LogP contribution >= 0.6 is 0 Å². The van der Waals surface area contributed by atoms with Gasteiger partial charge in [0, 0.05) is 43.4 Å². The molecule has 0 bridgehead atoms. The second kappa shape index (κ2) is 12.2. The van der Waals surface area contributed by atoms with Crippen LogP contribution < -0.4 is 26.2 Å². The average Bonchev–Trinajstić information content (AvgIpc) is 2.82. The lowest BCUT2D eigenvalue weighted by molar-refractivity contribution is -0.129. The number of likely N-dealkylation sites (tertiary alicyclic amines) is 1. The second-order valence-corrected chi connectivity index (χ2v) is 8.17. The van der Waals surface area contributed by atoms with Crippen LogP contribution in [0.4, 0.5) is 11.8 Å². The molecule has 0 unspecified atom stereocenters. The molecular weight excluding hydrogens is 426 g/mol. The summed E-state index contributed by atoms with van der Waals surface area (Å²) in [4.78, 5) is 34.5. The summed E-state index contributed by atoms with van der Waals surface area (Å²) >= 11 is 0. The van der Waals surface area contributed by atoms with E-state index in [4.69, 9.17) is 14.9 Å². The third-order valence-corrected chi connectivity index (χ3v) is 5.63. The number of carbonyl (C=O) groups excluding carboxylic acids is 2. The van der Waals surface area contributed by atoms with Crippen LogP contribution in [0.5, 0.6) is 5.75 Å². The molecule has 0 spiro atoms. The lowest BCUT2D eigenvalue weighted by Crippen LogP contribution is -2.37. The molecule has 11 heteroatoms. The van der Waals surface area contributed by atoms with Crippen molar-refractivity contribution in [2.75, 3.05) is 51.0 Å². The number of carbonyl (C=O) groups is 2. The molecule has 5 N–H and O–H groups in total. The monoisotopic (exact) mass is 459 g/mol. The highest BCUT2D eigenvalue weighted by molar-refractivity contribution is 5.91. The zero-order valence-corrected chi connectivity index (χ0v) is 19.2. The zero-order chi connectivity index (χ0) is 23.6. The molecule has 0 aliphatic carbocycles. The number of hydroxylamine groups is 1. The van der Waals surface area contributed by atoms with Crippen LogP contribution in [0.3, 0.4) is 0 Å². The van der Waals surface area contributed by atoms with E-state index in [1.54, 1.807) is 12.6 Å². The number of benzene rings is 1. The Hall–Kier alpha value is -3.18. The number of methoxy groups -OCH3 is 1. The van der Waals surface area contributed by atoms with Crippen LogP contribution in [0.1, 0.15) is 32.1 Å². The van der Waals surface area contributed by atoms with Crippen molar-refractivity contribution in [3.8, 4) is 5.75 Å². The number of ether oxygens (including phenoxy) is 1. The van der Waals surface area contributed by atoms with Gasteiger partial charge in [0.05, 0.1) is 12.6 Å². The minimum atomic E-state index is -0.501. The predicted octanol–water partition coefficient (Wildman–Crippen LogP) is 1.35. The Morgan fingerprint density at radius 1 is 1.15 bits per heavy atom. The Balaban J connectivity index is 1.59. The normalized spacial score (nSPS) is 14.6. The van der Waals surface area contributed by atoms with E-state index in [1.165, 1.54) is 0 Å². The summed E-state index contributed by atoms with van der Waals surface area (Å²) in [6.07, 6.45) is 2.78. The van der Waals surface area contributed by atoms with Gasteiger partial charge in [-0.1, -0.05) is 0 Å². The van der Waals surface area contributed by atoms with Crippen LogP contribution in [0, 0.1) is 0 Å². The zero-order valence-electron chi connectivity index (χ0n) is 19.2. The van der Waals surface area contributed by atoms with Crippen molar-refractivity contribution in [2.45, 2.75) is 38.1 Å². The van der Waals surface area contributed by atoms with Crippen molar-refractivity contribution in [2.24, 2.45) is 0 Å². The van der Waals surface area contributed by atoms with E-state index in [9.17, 15) is 9.59 Å². The van der Waals surface area contributed by atoms with Crippen LogP contribution in [-0.4, -0.2) is 78.3 Å². The highest BCUT2D eigenvalue weighted by Crippen LogP contribution is 2.27. The molecule has 1 aliphatic rings. The topological polar surface area (TPSA) is 141 Å². The van der Waals surface area contributed by atoms with E-state index in [1.807, 2.05) is 18.2 Å². The summed E-state index contributed by atoms with van der Waals surface area (Å²) in [5.41, 5.74) is 2.32. The Bertz CT molecular complexity index is 948. The second-order valence-electron chi connectivity index (χ2n) is 8.17. The van der Waals surface area contributed by atoms with Crippen LogP contribution in [0.15, 0.2) is 18.2 Å². The first-order valence-corrected chi connectivity index (χ1v) is 11.2. The summed E-state index contributed by atoms with van der Waals surface area (Å²) in [6.45, 7) is 2.93. The molecule has 1 saturated heterocycles. The number of anilines is 2. The Kier molecular flexibility index (Phi) is 9.02. The quantitative estimate of drug-likeness (QED) is 0.191. The minimum Gasteiger partial charge on any atom is -0.497 e. The van der Waals surface area contributed by atoms with Gasteiger partial charge in [-0.2, -0.15) is 4.98 Å². The van der Waals surface area contributed by atoms with Gasteiger partial charge >= 0.3 is 0 Å². The molecule has 2 heterocycles. The molecule has 33 heavy (non-hydrogen) atoms. The first-order valence-electron chi connectivity index (χ1n) is 11.2. The first-order chi connectivity index (χ1) is 16.0. The maximum absolute atomic E-state index is 11.9. The highest BCUT2D eigenvalue weighted by Gasteiger charge is 2.18. The van der Waals surface area contributed by atoms with Gasteiger partial charge in [-0.25, -0.2) is 10.5 Å². The lowest BCUT2D eigenvalue weighted by Gasteiger charge is -2.30. The van der Waals surface area contributed by atoms with Gasteiger partial charge in [0.1, 0.15) is 11.6 Å². The van der Waals surface area contributed by atoms with E-state index in [2.05, 4.69) is 32.9 Å². The van der Waals surface area contributed by atoms with Crippen molar-refractivity contribution in [1.82, 2.24) is 25.7 Å². The van der Waals surface area contributed by atoms with E-state index in [0.717, 1.165) is 48.4 Å². The summed E-state index contributed by atoms with van der Waals surface area (Å²) in [5.74, 6) is 1.32. The molecule has 0 saturated carbocycles. The summed E-state index contributed by atoms with van der Waals surface area (Å²) in [5, 5.41) is 19.0. The molecule has 2 amide bonds. The number of fused-ring (bicyclic) bond motifs is 1. The molecular formula is C22H33N7O4. The smallest absolute Gasteiger partial charge is 0.243 e. The summed E-state index contributed by atoms with van der Waals surface area (Å²) in [6, 6.07) is 6.10.